The monoisotopic (exact) mass is 279 g/mol. The van der Waals surface area contributed by atoms with E-state index in [1.807, 2.05) is 5.38 Å². The maximum atomic E-state index is 10.3. The quantitative estimate of drug-likeness (QED) is 0.934. The fourth-order valence-corrected chi connectivity index (χ4v) is 2.50. The fourth-order valence-electron chi connectivity index (χ4n) is 1.58. The lowest BCUT2D eigenvalue weighted by atomic mass is 9.98. The Morgan fingerprint density at radius 3 is 2.53 bits per heavy atom. The molecule has 19 heavy (non-hydrogen) atoms. The molecule has 0 aliphatic carbocycles. The van der Waals surface area contributed by atoms with Gasteiger partial charge in [-0.1, -0.05) is 20.8 Å². The molecule has 5 nitrogen and oxygen atoms in total. The van der Waals surface area contributed by atoms with Crippen LogP contribution in [0.2, 0.25) is 0 Å². The van der Waals surface area contributed by atoms with E-state index in [9.17, 15) is 5.11 Å². The summed E-state index contributed by atoms with van der Waals surface area (Å²) in [6.45, 7) is 6.26. The molecule has 0 aliphatic rings. The molecule has 1 N–H and O–H groups in total. The molecule has 0 radical (unpaired) electrons. The smallest absolute Gasteiger partial charge is 0.238 e. The van der Waals surface area contributed by atoms with Crippen LogP contribution in [0.3, 0.4) is 0 Å². The Balaban J connectivity index is 2.34. The van der Waals surface area contributed by atoms with E-state index in [1.54, 1.807) is 0 Å². The van der Waals surface area contributed by atoms with E-state index in [-0.39, 0.29) is 5.41 Å². The van der Waals surface area contributed by atoms with Crippen molar-refractivity contribution >= 4 is 11.3 Å². The van der Waals surface area contributed by atoms with Crippen LogP contribution in [0.1, 0.15) is 43.3 Å². The van der Waals surface area contributed by atoms with Gasteiger partial charge in [0.05, 0.1) is 17.8 Å². The maximum Gasteiger partial charge on any atom is 0.238 e. The summed E-state index contributed by atoms with van der Waals surface area (Å²) in [5, 5.41) is 13.2. The Kier molecular flexibility index (Phi) is 3.82. The lowest BCUT2D eigenvalue weighted by Gasteiger charge is -2.14. The number of aromatic nitrogens is 3. The van der Waals surface area contributed by atoms with Gasteiger partial charge < -0.3 is 9.84 Å². The lowest BCUT2D eigenvalue weighted by molar-refractivity contribution is 0.203. The lowest BCUT2D eigenvalue weighted by Crippen LogP contribution is -2.12. The van der Waals surface area contributed by atoms with E-state index in [0.717, 1.165) is 5.01 Å². The molecule has 2 heterocycles. The summed E-state index contributed by atoms with van der Waals surface area (Å²) in [6, 6.07) is 0. The van der Waals surface area contributed by atoms with Gasteiger partial charge in [-0.2, -0.15) is 0 Å². The average Bonchev–Trinajstić information content (AvgIpc) is 2.87. The first-order valence-corrected chi connectivity index (χ1v) is 6.80. The standard InChI is InChI=1S/C13H17N3O2S/c1-13(2,3)12-16-8(7-19-12)10(17)9-11(18-4)15-6-5-14-9/h5-7,10,17H,1-4H3. The summed E-state index contributed by atoms with van der Waals surface area (Å²) in [5.74, 6) is 0.320. The molecule has 2 aromatic rings. The molecule has 0 aliphatic heterocycles. The first-order chi connectivity index (χ1) is 8.93. The molecular weight excluding hydrogens is 262 g/mol. The van der Waals surface area contributed by atoms with E-state index >= 15 is 0 Å². The van der Waals surface area contributed by atoms with Crippen LogP contribution < -0.4 is 4.74 Å². The third-order valence-electron chi connectivity index (χ3n) is 2.59. The highest BCUT2D eigenvalue weighted by molar-refractivity contribution is 7.09. The predicted octanol–water partition coefficient (Wildman–Crippen LogP) is 2.32. The van der Waals surface area contributed by atoms with Crippen molar-refractivity contribution in [3.8, 4) is 5.88 Å². The third-order valence-corrected chi connectivity index (χ3v) is 3.87. The predicted molar refractivity (Wildman–Crippen MR) is 73.5 cm³/mol. The Morgan fingerprint density at radius 2 is 1.95 bits per heavy atom. The van der Waals surface area contributed by atoms with Gasteiger partial charge in [0.25, 0.3) is 0 Å². The largest absolute Gasteiger partial charge is 0.480 e. The Morgan fingerprint density at radius 1 is 1.26 bits per heavy atom. The average molecular weight is 279 g/mol. The Bertz CT molecular complexity index is 563. The SMILES string of the molecule is COc1nccnc1C(O)c1csc(C(C)(C)C)n1. The van der Waals surface area contributed by atoms with E-state index in [0.29, 0.717) is 17.3 Å². The summed E-state index contributed by atoms with van der Waals surface area (Å²) in [4.78, 5) is 12.6. The van der Waals surface area contributed by atoms with Gasteiger partial charge in [-0.15, -0.1) is 11.3 Å². The number of aliphatic hydroxyl groups is 1. The molecule has 0 aromatic carbocycles. The van der Waals surface area contributed by atoms with Crippen LogP contribution >= 0.6 is 11.3 Å². The maximum absolute atomic E-state index is 10.3. The number of aliphatic hydroxyl groups excluding tert-OH is 1. The molecule has 0 fully saturated rings. The summed E-state index contributed by atoms with van der Waals surface area (Å²) in [5.41, 5.74) is 0.930. The highest BCUT2D eigenvalue weighted by Crippen LogP contribution is 2.31. The van der Waals surface area contributed by atoms with E-state index in [2.05, 4.69) is 35.7 Å². The molecule has 0 saturated carbocycles. The second-order valence-electron chi connectivity index (χ2n) is 5.18. The molecular formula is C13H17N3O2S. The zero-order valence-electron chi connectivity index (χ0n) is 11.4. The van der Waals surface area contributed by atoms with E-state index < -0.39 is 6.10 Å². The van der Waals surface area contributed by atoms with E-state index in [1.165, 1.54) is 30.8 Å². The van der Waals surface area contributed by atoms with Gasteiger partial charge in [0, 0.05) is 23.2 Å². The molecule has 102 valence electrons. The van der Waals surface area contributed by atoms with E-state index in [4.69, 9.17) is 4.74 Å². The first kappa shape index (κ1) is 13.9. The molecule has 0 amide bonds. The van der Waals surface area contributed by atoms with Gasteiger partial charge in [0.1, 0.15) is 11.8 Å². The van der Waals surface area contributed by atoms with Crippen molar-refractivity contribution in [2.45, 2.75) is 32.3 Å². The van der Waals surface area contributed by atoms with Crippen LogP contribution in [0.15, 0.2) is 17.8 Å². The second kappa shape index (κ2) is 5.22. The van der Waals surface area contributed by atoms with Crippen molar-refractivity contribution in [3.05, 3.63) is 34.2 Å². The number of rotatable bonds is 3. The normalized spacial score (nSPS) is 13.3. The molecule has 1 atom stereocenters. The van der Waals surface area contributed by atoms with Gasteiger partial charge in [-0.05, 0) is 0 Å². The minimum Gasteiger partial charge on any atom is -0.480 e. The zero-order valence-corrected chi connectivity index (χ0v) is 12.2. The summed E-state index contributed by atoms with van der Waals surface area (Å²) in [6.07, 6.45) is 2.13. The fraction of sp³-hybridized carbons (Fsp3) is 0.462. The Hall–Kier alpha value is -1.53. The molecule has 1 unspecified atom stereocenters. The number of nitrogens with zero attached hydrogens (tertiary/aromatic N) is 3. The third kappa shape index (κ3) is 2.90. The van der Waals surface area contributed by atoms with Gasteiger partial charge >= 0.3 is 0 Å². The molecule has 2 aromatic heterocycles. The van der Waals surface area contributed by atoms with Crippen LogP contribution in [0, 0.1) is 0 Å². The summed E-state index contributed by atoms with van der Waals surface area (Å²) in [7, 11) is 1.50. The number of ether oxygens (including phenoxy) is 1. The van der Waals surface area contributed by atoms with Crippen molar-refractivity contribution in [3.63, 3.8) is 0 Å². The summed E-state index contributed by atoms with van der Waals surface area (Å²) < 4.78 is 5.10. The minimum atomic E-state index is -0.920. The molecule has 6 heteroatoms. The van der Waals surface area contributed by atoms with Crippen molar-refractivity contribution in [2.75, 3.05) is 7.11 Å². The molecule has 0 saturated heterocycles. The molecule has 0 bridgehead atoms. The molecule has 2 rings (SSSR count). The number of hydrogen-bond donors (Lipinski definition) is 1. The number of thiazole rings is 1. The van der Waals surface area contributed by atoms with Crippen LogP contribution in [0.4, 0.5) is 0 Å². The summed E-state index contributed by atoms with van der Waals surface area (Å²) >= 11 is 1.53. The van der Waals surface area contributed by atoms with Crippen molar-refractivity contribution in [1.29, 1.82) is 0 Å². The zero-order chi connectivity index (χ0) is 14.0. The minimum absolute atomic E-state index is 0.0326. The topological polar surface area (TPSA) is 68.1 Å². The highest BCUT2D eigenvalue weighted by Gasteiger charge is 2.24. The van der Waals surface area contributed by atoms with Gasteiger partial charge in [0.15, 0.2) is 0 Å². The van der Waals surface area contributed by atoms with Crippen LogP contribution in [0.5, 0.6) is 5.88 Å². The van der Waals surface area contributed by atoms with Crippen LogP contribution in [-0.4, -0.2) is 27.2 Å². The highest BCUT2D eigenvalue weighted by atomic mass is 32.1. The van der Waals surface area contributed by atoms with Gasteiger partial charge in [-0.25, -0.2) is 9.97 Å². The number of hydrogen-bond acceptors (Lipinski definition) is 6. The van der Waals surface area contributed by atoms with Gasteiger partial charge in [0.2, 0.25) is 5.88 Å². The van der Waals surface area contributed by atoms with Crippen molar-refractivity contribution in [1.82, 2.24) is 15.0 Å². The van der Waals surface area contributed by atoms with Crippen LogP contribution in [-0.2, 0) is 5.41 Å². The van der Waals surface area contributed by atoms with Crippen LogP contribution in [0.25, 0.3) is 0 Å². The number of methoxy groups -OCH3 is 1. The Labute approximate surface area is 116 Å². The first-order valence-electron chi connectivity index (χ1n) is 5.92. The molecule has 0 spiro atoms. The van der Waals surface area contributed by atoms with Gasteiger partial charge in [-0.3, -0.25) is 4.98 Å². The van der Waals surface area contributed by atoms with Crippen molar-refractivity contribution in [2.24, 2.45) is 0 Å². The van der Waals surface area contributed by atoms with Crippen molar-refractivity contribution < 1.29 is 9.84 Å². The second-order valence-corrected chi connectivity index (χ2v) is 6.04.